The van der Waals surface area contributed by atoms with Gasteiger partial charge in [-0.3, -0.25) is 9.36 Å². The third-order valence-corrected chi connectivity index (χ3v) is 6.92. The molecular weight excluding hydrogens is 356 g/mol. The van der Waals surface area contributed by atoms with Gasteiger partial charge in [-0.05, 0) is 36.3 Å². The number of thiophene rings is 1. The fourth-order valence-electron chi connectivity index (χ4n) is 3.93. The zero-order valence-corrected chi connectivity index (χ0v) is 16.8. The molecule has 0 radical (unpaired) electrons. The van der Waals surface area contributed by atoms with Crippen LogP contribution in [0.2, 0.25) is 0 Å². The average Bonchev–Trinajstić information content (AvgIpc) is 3.18. The van der Waals surface area contributed by atoms with Crippen LogP contribution in [0.25, 0.3) is 26.1 Å². The zero-order chi connectivity index (χ0) is 18.9. The van der Waals surface area contributed by atoms with E-state index in [-0.39, 0.29) is 5.56 Å². The molecular formula is C21H22N4OS. The molecule has 6 heteroatoms. The van der Waals surface area contributed by atoms with Gasteiger partial charge in [0.15, 0.2) is 0 Å². The largest absolute Gasteiger partial charge is 0.377 e. The lowest BCUT2D eigenvalue weighted by molar-refractivity contribution is 0.687. The van der Waals surface area contributed by atoms with Crippen LogP contribution in [0.4, 0.5) is 5.69 Å². The zero-order valence-electron chi connectivity index (χ0n) is 16.0. The number of allylic oxidation sites excluding steroid dienone is 4. The van der Waals surface area contributed by atoms with Gasteiger partial charge < -0.3 is 4.90 Å². The first kappa shape index (κ1) is 16.7. The minimum atomic E-state index is -0.00842. The van der Waals surface area contributed by atoms with Gasteiger partial charge in [-0.15, -0.1) is 11.3 Å². The van der Waals surface area contributed by atoms with Crippen molar-refractivity contribution >= 4 is 43.2 Å². The summed E-state index contributed by atoms with van der Waals surface area (Å²) >= 11 is 1.45. The smallest absolute Gasteiger partial charge is 0.275 e. The van der Waals surface area contributed by atoms with Gasteiger partial charge in [-0.2, -0.15) is 0 Å². The number of anilines is 1. The van der Waals surface area contributed by atoms with Crippen LogP contribution in [0.15, 0.2) is 35.4 Å². The number of aryl methyl sites for hydroxylation is 1. The molecule has 0 amide bonds. The fourth-order valence-corrected chi connectivity index (χ4v) is 5.03. The first-order valence-electron chi connectivity index (χ1n) is 9.34. The maximum Gasteiger partial charge on any atom is 0.275 e. The van der Waals surface area contributed by atoms with E-state index >= 15 is 0 Å². The summed E-state index contributed by atoms with van der Waals surface area (Å²) in [5.41, 5.74) is 4.07. The predicted octanol–water partition coefficient (Wildman–Crippen LogP) is 4.07. The summed E-state index contributed by atoms with van der Waals surface area (Å²) in [6.07, 6.45) is 10.2. The number of hydrogen-bond donors (Lipinski definition) is 0. The molecule has 5 rings (SSSR count). The monoisotopic (exact) mass is 378 g/mol. The Morgan fingerprint density at radius 3 is 2.93 bits per heavy atom. The molecule has 0 aliphatic heterocycles. The summed E-state index contributed by atoms with van der Waals surface area (Å²) in [6.45, 7) is 4.36. The van der Waals surface area contributed by atoms with Gasteiger partial charge in [0, 0.05) is 25.5 Å². The van der Waals surface area contributed by atoms with E-state index in [1.54, 1.807) is 10.9 Å². The Hall–Kier alpha value is -2.47. The molecule has 0 N–H and O–H groups in total. The van der Waals surface area contributed by atoms with Crippen LogP contribution < -0.4 is 10.5 Å². The van der Waals surface area contributed by atoms with Crippen molar-refractivity contribution in [1.82, 2.24) is 14.5 Å². The fraction of sp³-hybridized carbons (Fsp3) is 0.381. The molecule has 3 aromatic rings. The molecule has 5 nitrogen and oxygen atoms in total. The second kappa shape index (κ2) is 5.52. The Morgan fingerprint density at radius 1 is 1.41 bits per heavy atom. The Labute approximate surface area is 161 Å². The summed E-state index contributed by atoms with van der Waals surface area (Å²) in [4.78, 5) is 25.7. The molecule has 1 fully saturated rings. The number of hydrogen-bond acceptors (Lipinski definition) is 5. The Bertz CT molecular complexity index is 1220. The van der Waals surface area contributed by atoms with Crippen LogP contribution in [-0.2, 0) is 6.42 Å². The average molecular weight is 379 g/mol. The summed E-state index contributed by atoms with van der Waals surface area (Å²) in [5.74, 6) is 0.539. The summed E-state index contributed by atoms with van der Waals surface area (Å²) in [7, 11) is 4.03. The quantitative estimate of drug-likeness (QED) is 0.689. The highest BCUT2D eigenvalue weighted by Gasteiger charge is 2.48. The molecule has 1 saturated carbocycles. The number of pyridine rings is 1. The maximum absolute atomic E-state index is 13.3. The first-order valence-corrected chi connectivity index (χ1v) is 10.2. The highest BCUT2D eigenvalue weighted by atomic mass is 32.1. The molecule has 0 saturated heterocycles. The second-order valence-electron chi connectivity index (χ2n) is 8.00. The van der Waals surface area contributed by atoms with Crippen molar-refractivity contribution in [2.45, 2.75) is 26.7 Å². The Balaban J connectivity index is 1.75. The van der Waals surface area contributed by atoms with Gasteiger partial charge in [-0.25, -0.2) is 9.97 Å². The predicted molar refractivity (Wildman–Crippen MR) is 113 cm³/mol. The molecule has 2 aliphatic rings. The number of nitrogens with zero attached hydrogens (tertiary/aromatic N) is 4. The Morgan fingerprint density at radius 2 is 2.22 bits per heavy atom. The van der Waals surface area contributed by atoms with Crippen LogP contribution in [0.1, 0.15) is 26.0 Å². The van der Waals surface area contributed by atoms with Crippen LogP contribution in [-0.4, -0.2) is 28.6 Å². The normalized spacial score (nSPS) is 23.6. The van der Waals surface area contributed by atoms with E-state index < -0.39 is 0 Å². The van der Waals surface area contributed by atoms with E-state index in [9.17, 15) is 4.79 Å². The Kier molecular flexibility index (Phi) is 3.41. The lowest BCUT2D eigenvalue weighted by Crippen LogP contribution is -2.19. The molecule has 2 aliphatic carbocycles. The molecule has 0 bridgehead atoms. The van der Waals surface area contributed by atoms with Gasteiger partial charge in [0.1, 0.15) is 21.4 Å². The molecule has 2 atom stereocenters. The van der Waals surface area contributed by atoms with Crippen molar-refractivity contribution < 1.29 is 0 Å². The van der Waals surface area contributed by atoms with Gasteiger partial charge in [0.05, 0.1) is 11.1 Å². The van der Waals surface area contributed by atoms with Gasteiger partial charge in [0.2, 0.25) is 0 Å². The van der Waals surface area contributed by atoms with E-state index in [2.05, 4.69) is 43.0 Å². The molecule has 3 aromatic heterocycles. The molecule has 138 valence electrons. The van der Waals surface area contributed by atoms with Crippen molar-refractivity contribution in [2.75, 3.05) is 19.0 Å². The van der Waals surface area contributed by atoms with E-state index in [0.29, 0.717) is 16.0 Å². The minimum absolute atomic E-state index is 0.00842. The standard InChI is InChI=1S/C21H22N4OS/c1-5-13-9-15(24(3)4)16-17-18(27-19(16)23-13)20(26)25(11-22-17)14-6-7-21(2)10-12(21)8-14/h6-9,11-12H,5,10H2,1-4H3. The molecule has 0 aromatic carbocycles. The lowest BCUT2D eigenvalue weighted by atomic mass is 10.0. The van der Waals surface area contributed by atoms with Crippen LogP contribution in [0.3, 0.4) is 0 Å². The van der Waals surface area contributed by atoms with Gasteiger partial charge >= 0.3 is 0 Å². The van der Waals surface area contributed by atoms with Crippen molar-refractivity contribution in [3.63, 3.8) is 0 Å². The van der Waals surface area contributed by atoms with E-state index in [0.717, 1.165) is 45.7 Å². The number of aromatic nitrogens is 3. The minimum Gasteiger partial charge on any atom is -0.377 e. The topological polar surface area (TPSA) is 51.0 Å². The van der Waals surface area contributed by atoms with Crippen LogP contribution in [0, 0.1) is 11.3 Å². The highest BCUT2D eigenvalue weighted by molar-refractivity contribution is 7.25. The number of rotatable bonds is 3. The maximum atomic E-state index is 13.3. The summed E-state index contributed by atoms with van der Waals surface area (Å²) in [5, 5.41) is 0.976. The van der Waals surface area contributed by atoms with Crippen molar-refractivity contribution in [1.29, 1.82) is 0 Å². The van der Waals surface area contributed by atoms with Crippen LogP contribution >= 0.6 is 11.3 Å². The highest BCUT2D eigenvalue weighted by Crippen LogP contribution is 2.57. The van der Waals surface area contributed by atoms with E-state index in [4.69, 9.17) is 9.97 Å². The summed E-state index contributed by atoms with van der Waals surface area (Å²) < 4.78 is 2.36. The lowest BCUT2D eigenvalue weighted by Gasteiger charge is -2.15. The van der Waals surface area contributed by atoms with Crippen molar-refractivity contribution in [3.05, 3.63) is 46.7 Å². The van der Waals surface area contributed by atoms with Crippen LogP contribution in [0.5, 0.6) is 0 Å². The summed E-state index contributed by atoms with van der Waals surface area (Å²) in [6, 6.07) is 2.10. The van der Waals surface area contributed by atoms with Crippen molar-refractivity contribution in [2.24, 2.45) is 11.3 Å². The third kappa shape index (κ3) is 2.39. The van der Waals surface area contributed by atoms with Gasteiger partial charge in [-0.1, -0.05) is 26.0 Å². The first-order chi connectivity index (χ1) is 12.9. The third-order valence-electron chi connectivity index (χ3n) is 5.86. The molecule has 27 heavy (non-hydrogen) atoms. The SMILES string of the molecule is CCc1cc(N(C)C)c2c(n1)sc1c(=O)n(C3=CC4CC4(C)C=C3)cnc12. The molecule has 0 spiro atoms. The molecule has 2 unspecified atom stereocenters. The van der Waals surface area contributed by atoms with Crippen molar-refractivity contribution in [3.8, 4) is 0 Å². The number of fused-ring (bicyclic) bond motifs is 4. The second-order valence-corrected chi connectivity index (χ2v) is 9.00. The van der Waals surface area contributed by atoms with E-state index in [1.165, 1.54) is 11.3 Å². The van der Waals surface area contributed by atoms with Gasteiger partial charge in [0.25, 0.3) is 5.56 Å². The molecule has 3 heterocycles. The van der Waals surface area contributed by atoms with E-state index in [1.807, 2.05) is 14.1 Å².